The summed E-state index contributed by atoms with van der Waals surface area (Å²) in [5.41, 5.74) is 0.288. The molecule has 0 unspecified atom stereocenters. The molecular formula is C11H13NO5S. The molecule has 98 valence electrons. The summed E-state index contributed by atoms with van der Waals surface area (Å²) in [6.07, 6.45) is 0.270. The number of carbonyl (C=O) groups is 2. The first kappa shape index (κ1) is 14.3. The van der Waals surface area contributed by atoms with Gasteiger partial charge in [0.05, 0.1) is 4.90 Å². The minimum Gasteiger partial charge on any atom is -0.480 e. The van der Waals surface area contributed by atoms with Crippen LogP contribution in [0.3, 0.4) is 0 Å². The van der Waals surface area contributed by atoms with Crippen LogP contribution >= 0.6 is 0 Å². The lowest BCUT2D eigenvalue weighted by Gasteiger charge is -2.06. The first-order valence-corrected chi connectivity index (χ1v) is 6.70. The van der Waals surface area contributed by atoms with Crippen LogP contribution in [-0.4, -0.2) is 31.8 Å². The van der Waals surface area contributed by atoms with Crippen molar-refractivity contribution in [2.24, 2.45) is 0 Å². The van der Waals surface area contributed by atoms with Crippen LogP contribution in [0.15, 0.2) is 29.2 Å². The molecular weight excluding hydrogens is 258 g/mol. The van der Waals surface area contributed by atoms with Crippen molar-refractivity contribution in [2.45, 2.75) is 18.2 Å². The molecule has 0 atom stereocenters. The molecule has 0 fully saturated rings. The predicted octanol–water partition coefficient (Wildman–Crippen LogP) is 0.642. The molecule has 0 aliphatic carbocycles. The molecule has 0 amide bonds. The molecule has 0 aliphatic heterocycles. The quantitative estimate of drug-likeness (QED) is 0.739. The third-order valence-corrected chi connectivity index (χ3v) is 3.60. The smallest absolute Gasteiger partial charge is 0.318 e. The zero-order valence-electron chi connectivity index (χ0n) is 9.71. The fourth-order valence-electron chi connectivity index (χ4n) is 1.28. The molecule has 1 aromatic carbocycles. The Morgan fingerprint density at radius 3 is 2.56 bits per heavy atom. The molecule has 1 rings (SSSR count). The van der Waals surface area contributed by atoms with Gasteiger partial charge in [-0.05, 0) is 12.1 Å². The highest BCUT2D eigenvalue weighted by Gasteiger charge is 2.16. The first-order valence-electron chi connectivity index (χ1n) is 5.21. The van der Waals surface area contributed by atoms with E-state index in [4.69, 9.17) is 5.11 Å². The van der Waals surface area contributed by atoms with Gasteiger partial charge in [-0.2, -0.15) is 4.72 Å². The summed E-state index contributed by atoms with van der Waals surface area (Å²) >= 11 is 0. The second kappa shape index (κ2) is 5.74. The number of benzene rings is 1. The summed E-state index contributed by atoms with van der Waals surface area (Å²) in [6, 6.07) is 5.49. The van der Waals surface area contributed by atoms with Gasteiger partial charge in [-0.3, -0.25) is 9.59 Å². The van der Waals surface area contributed by atoms with E-state index in [1.165, 1.54) is 24.3 Å². The largest absolute Gasteiger partial charge is 0.480 e. The molecule has 0 bridgehead atoms. The van der Waals surface area contributed by atoms with Gasteiger partial charge in [0.15, 0.2) is 5.78 Å². The lowest BCUT2D eigenvalue weighted by molar-refractivity contribution is -0.135. The van der Waals surface area contributed by atoms with E-state index in [9.17, 15) is 18.0 Å². The molecule has 2 N–H and O–H groups in total. The molecule has 18 heavy (non-hydrogen) atoms. The maximum atomic E-state index is 11.7. The number of ketones is 1. The van der Waals surface area contributed by atoms with Crippen LogP contribution in [0.5, 0.6) is 0 Å². The lowest BCUT2D eigenvalue weighted by atomic mass is 10.1. The predicted molar refractivity (Wildman–Crippen MR) is 63.9 cm³/mol. The van der Waals surface area contributed by atoms with Gasteiger partial charge in [-0.1, -0.05) is 19.1 Å². The standard InChI is InChI=1S/C11H13NO5S/c1-2-10(13)8-4-3-5-9(6-8)18(16,17)12-7-11(14)15/h3-6,12H,2,7H2,1H3,(H,14,15). The molecule has 0 heterocycles. The number of rotatable bonds is 6. The van der Waals surface area contributed by atoms with Crippen molar-refractivity contribution >= 4 is 21.8 Å². The van der Waals surface area contributed by atoms with E-state index in [0.29, 0.717) is 0 Å². The van der Waals surface area contributed by atoms with Crippen LogP contribution in [0.25, 0.3) is 0 Å². The minimum atomic E-state index is -3.90. The van der Waals surface area contributed by atoms with Gasteiger partial charge in [0.2, 0.25) is 10.0 Å². The molecule has 0 saturated heterocycles. The monoisotopic (exact) mass is 271 g/mol. The van der Waals surface area contributed by atoms with Crippen molar-refractivity contribution < 1.29 is 23.1 Å². The average Bonchev–Trinajstić information content (AvgIpc) is 2.35. The van der Waals surface area contributed by atoms with Gasteiger partial charge in [-0.15, -0.1) is 0 Å². The van der Waals surface area contributed by atoms with Crippen molar-refractivity contribution in [2.75, 3.05) is 6.54 Å². The van der Waals surface area contributed by atoms with Crippen molar-refractivity contribution in [3.05, 3.63) is 29.8 Å². The molecule has 0 radical (unpaired) electrons. The maximum Gasteiger partial charge on any atom is 0.318 e. The summed E-state index contributed by atoms with van der Waals surface area (Å²) in [5, 5.41) is 8.42. The van der Waals surface area contributed by atoms with Gasteiger partial charge >= 0.3 is 5.97 Å². The maximum absolute atomic E-state index is 11.7. The normalized spacial score (nSPS) is 11.2. The number of nitrogens with one attached hydrogen (secondary N) is 1. The van der Waals surface area contributed by atoms with E-state index in [-0.39, 0.29) is 22.7 Å². The Balaban J connectivity index is 3.02. The topological polar surface area (TPSA) is 101 Å². The molecule has 7 heteroatoms. The zero-order chi connectivity index (χ0) is 13.8. The lowest BCUT2D eigenvalue weighted by Crippen LogP contribution is -2.29. The summed E-state index contributed by atoms with van der Waals surface area (Å²) in [7, 11) is -3.90. The summed E-state index contributed by atoms with van der Waals surface area (Å²) in [4.78, 5) is 21.6. The highest BCUT2D eigenvalue weighted by molar-refractivity contribution is 7.89. The van der Waals surface area contributed by atoms with Crippen LogP contribution in [0.4, 0.5) is 0 Å². The van der Waals surface area contributed by atoms with Crippen LogP contribution < -0.4 is 4.72 Å². The Kier molecular flexibility index (Phi) is 4.57. The van der Waals surface area contributed by atoms with Crippen LogP contribution in [0, 0.1) is 0 Å². The number of sulfonamides is 1. The number of carboxylic acid groups (broad SMARTS) is 1. The van der Waals surface area contributed by atoms with E-state index in [1.807, 2.05) is 4.72 Å². The van der Waals surface area contributed by atoms with Gasteiger partial charge < -0.3 is 5.11 Å². The van der Waals surface area contributed by atoms with Crippen molar-refractivity contribution in [1.82, 2.24) is 4.72 Å². The Hall–Kier alpha value is -1.73. The summed E-state index contributed by atoms with van der Waals surface area (Å²) < 4.78 is 25.3. The Labute approximate surface area is 105 Å². The molecule has 1 aromatic rings. The van der Waals surface area contributed by atoms with E-state index in [1.54, 1.807) is 6.92 Å². The van der Waals surface area contributed by atoms with Gasteiger partial charge in [-0.25, -0.2) is 8.42 Å². The van der Waals surface area contributed by atoms with Crippen LogP contribution in [0.1, 0.15) is 23.7 Å². The molecule has 0 aromatic heterocycles. The average molecular weight is 271 g/mol. The fourth-order valence-corrected chi connectivity index (χ4v) is 2.30. The number of carboxylic acids is 1. The molecule has 6 nitrogen and oxygen atoms in total. The molecule has 0 saturated carbocycles. The van der Waals surface area contributed by atoms with Crippen LogP contribution in [0.2, 0.25) is 0 Å². The Morgan fingerprint density at radius 2 is 2.00 bits per heavy atom. The number of hydrogen-bond donors (Lipinski definition) is 2. The highest BCUT2D eigenvalue weighted by Crippen LogP contribution is 2.12. The van der Waals surface area contributed by atoms with E-state index < -0.39 is 22.5 Å². The van der Waals surface area contributed by atoms with E-state index in [0.717, 1.165) is 0 Å². The minimum absolute atomic E-state index is 0.122. The summed E-state index contributed by atoms with van der Waals surface area (Å²) in [5.74, 6) is -1.45. The van der Waals surface area contributed by atoms with Gasteiger partial charge in [0, 0.05) is 12.0 Å². The van der Waals surface area contributed by atoms with Crippen LogP contribution in [-0.2, 0) is 14.8 Å². The van der Waals surface area contributed by atoms with Gasteiger partial charge in [0.1, 0.15) is 6.54 Å². The molecule has 0 aliphatic rings. The second-order valence-electron chi connectivity index (χ2n) is 3.52. The highest BCUT2D eigenvalue weighted by atomic mass is 32.2. The zero-order valence-corrected chi connectivity index (χ0v) is 10.5. The number of Topliss-reactive ketones (excluding diaryl/α,β-unsaturated/α-hetero) is 1. The Morgan fingerprint density at radius 1 is 1.33 bits per heavy atom. The van der Waals surface area contributed by atoms with E-state index >= 15 is 0 Å². The van der Waals surface area contributed by atoms with Crippen molar-refractivity contribution in [1.29, 1.82) is 0 Å². The van der Waals surface area contributed by atoms with E-state index in [2.05, 4.69) is 0 Å². The summed E-state index contributed by atoms with van der Waals surface area (Å²) in [6.45, 7) is 0.973. The van der Waals surface area contributed by atoms with Crippen molar-refractivity contribution in [3.8, 4) is 0 Å². The van der Waals surface area contributed by atoms with Gasteiger partial charge in [0.25, 0.3) is 0 Å². The SMILES string of the molecule is CCC(=O)c1cccc(S(=O)(=O)NCC(=O)O)c1. The number of aliphatic carboxylic acids is 1. The fraction of sp³-hybridized carbons (Fsp3) is 0.273. The van der Waals surface area contributed by atoms with Crippen molar-refractivity contribution in [3.63, 3.8) is 0 Å². The number of carbonyl (C=O) groups excluding carboxylic acids is 1. The third-order valence-electron chi connectivity index (χ3n) is 2.20. The third kappa shape index (κ3) is 3.64. The molecule has 0 spiro atoms. The second-order valence-corrected chi connectivity index (χ2v) is 5.29. The Bertz CT molecular complexity index is 565. The number of hydrogen-bond acceptors (Lipinski definition) is 4. The first-order chi connectivity index (χ1) is 8.36.